The number of rotatable bonds is 6. The number of carbonyl (C=O) groups excluding carboxylic acids is 2. The van der Waals surface area contributed by atoms with Crippen molar-refractivity contribution in [2.24, 2.45) is 4.99 Å². The van der Waals surface area contributed by atoms with Crippen molar-refractivity contribution in [1.82, 2.24) is 0 Å². The van der Waals surface area contributed by atoms with Crippen LogP contribution in [0.5, 0.6) is 11.5 Å². The number of aryl methyl sites for hydroxylation is 1. The van der Waals surface area contributed by atoms with Crippen molar-refractivity contribution < 1.29 is 28.7 Å². The van der Waals surface area contributed by atoms with E-state index in [0.717, 1.165) is 11.6 Å². The van der Waals surface area contributed by atoms with Gasteiger partial charge in [-0.05, 0) is 48.9 Å². The van der Waals surface area contributed by atoms with Crippen molar-refractivity contribution in [3.8, 4) is 11.5 Å². The molecule has 10 heteroatoms. The number of ether oxygens (including phenoxy) is 3. The van der Waals surface area contributed by atoms with Crippen LogP contribution in [0, 0.1) is 17.0 Å². The zero-order valence-electron chi connectivity index (χ0n) is 18.5. The van der Waals surface area contributed by atoms with E-state index < -0.39 is 16.9 Å². The summed E-state index contributed by atoms with van der Waals surface area (Å²) in [4.78, 5) is 39.3. The van der Waals surface area contributed by atoms with E-state index in [4.69, 9.17) is 25.8 Å². The lowest BCUT2D eigenvalue weighted by atomic mass is 10.1. The molecule has 1 heterocycles. The molecule has 0 saturated heterocycles. The van der Waals surface area contributed by atoms with Crippen LogP contribution in [-0.4, -0.2) is 29.9 Å². The van der Waals surface area contributed by atoms with E-state index in [1.165, 1.54) is 31.4 Å². The van der Waals surface area contributed by atoms with Crippen LogP contribution in [0.4, 0.5) is 5.69 Å². The third kappa shape index (κ3) is 5.20. The molecule has 0 fully saturated rings. The quantitative estimate of drug-likeness (QED) is 0.154. The SMILES string of the molecule is COc1cc(/C=C2\N=C(c3ccc([N+](=O)[O-])cc3Cl)OC2=O)ccc1OC(=O)c1ccc(C)cc1. The topological polar surface area (TPSA) is 117 Å². The molecule has 0 unspecified atom stereocenters. The van der Waals surface area contributed by atoms with Gasteiger partial charge in [0.15, 0.2) is 17.2 Å². The molecular weight excluding hydrogens is 476 g/mol. The number of hydrogen-bond acceptors (Lipinski definition) is 8. The third-order valence-electron chi connectivity index (χ3n) is 5.00. The Morgan fingerprint density at radius 2 is 1.83 bits per heavy atom. The number of carbonyl (C=O) groups is 2. The van der Waals surface area contributed by atoms with Gasteiger partial charge in [0, 0.05) is 12.1 Å². The van der Waals surface area contributed by atoms with Crippen LogP contribution in [-0.2, 0) is 9.53 Å². The summed E-state index contributed by atoms with van der Waals surface area (Å²) in [5.74, 6) is -0.854. The predicted octanol–water partition coefficient (Wildman–Crippen LogP) is 5.13. The van der Waals surface area contributed by atoms with E-state index in [1.807, 2.05) is 19.1 Å². The monoisotopic (exact) mass is 492 g/mol. The van der Waals surface area contributed by atoms with Crippen molar-refractivity contribution in [2.75, 3.05) is 7.11 Å². The predicted molar refractivity (Wildman–Crippen MR) is 128 cm³/mol. The Morgan fingerprint density at radius 3 is 2.49 bits per heavy atom. The van der Waals surface area contributed by atoms with Gasteiger partial charge in [0.1, 0.15) is 0 Å². The minimum Gasteiger partial charge on any atom is -0.493 e. The zero-order chi connectivity index (χ0) is 25.1. The lowest BCUT2D eigenvalue weighted by Gasteiger charge is -2.10. The Balaban J connectivity index is 1.58. The Kier molecular flexibility index (Phi) is 6.61. The Hall–Kier alpha value is -4.50. The fourth-order valence-corrected chi connectivity index (χ4v) is 3.44. The number of cyclic esters (lactones) is 1. The Morgan fingerprint density at radius 1 is 1.09 bits per heavy atom. The van der Waals surface area contributed by atoms with Crippen molar-refractivity contribution >= 4 is 41.2 Å². The molecule has 0 spiro atoms. The Bertz CT molecular complexity index is 1410. The van der Waals surface area contributed by atoms with Crippen molar-refractivity contribution in [1.29, 1.82) is 0 Å². The average molecular weight is 493 g/mol. The molecule has 0 N–H and O–H groups in total. The maximum absolute atomic E-state index is 12.4. The molecule has 1 aliphatic rings. The van der Waals surface area contributed by atoms with Gasteiger partial charge < -0.3 is 14.2 Å². The standard InChI is InChI=1S/C25H17ClN2O7/c1-14-3-6-16(7-4-14)24(29)34-21-10-5-15(12-22(21)33-2)11-20-25(30)35-23(27-20)18-9-8-17(28(31)32)13-19(18)26/h3-13H,1-2H3/b20-11-. The number of nitro groups is 1. The van der Waals surface area contributed by atoms with Gasteiger partial charge in [-0.2, -0.15) is 0 Å². The molecule has 4 rings (SSSR count). The maximum atomic E-state index is 12.4. The third-order valence-corrected chi connectivity index (χ3v) is 5.31. The van der Waals surface area contributed by atoms with Crippen molar-refractivity contribution in [2.45, 2.75) is 6.92 Å². The molecule has 0 saturated carbocycles. The van der Waals surface area contributed by atoms with Crippen LogP contribution in [0.3, 0.4) is 0 Å². The van der Waals surface area contributed by atoms with E-state index in [0.29, 0.717) is 11.1 Å². The second-order valence-corrected chi connectivity index (χ2v) is 7.83. The first kappa shape index (κ1) is 23.7. The highest BCUT2D eigenvalue weighted by Crippen LogP contribution is 2.31. The average Bonchev–Trinajstić information content (AvgIpc) is 3.19. The second kappa shape index (κ2) is 9.78. The summed E-state index contributed by atoms with van der Waals surface area (Å²) in [6, 6.07) is 15.4. The normalized spacial score (nSPS) is 13.9. The van der Waals surface area contributed by atoms with Crippen LogP contribution in [0.15, 0.2) is 71.4 Å². The smallest absolute Gasteiger partial charge is 0.363 e. The van der Waals surface area contributed by atoms with Crippen LogP contribution >= 0.6 is 11.6 Å². The number of esters is 2. The minimum absolute atomic E-state index is 0.0131. The summed E-state index contributed by atoms with van der Waals surface area (Å²) in [5.41, 5.74) is 1.97. The molecule has 9 nitrogen and oxygen atoms in total. The number of hydrogen-bond donors (Lipinski definition) is 0. The molecule has 3 aromatic carbocycles. The number of non-ortho nitro benzene ring substituents is 1. The number of nitrogens with zero attached hydrogens (tertiary/aromatic N) is 2. The second-order valence-electron chi connectivity index (χ2n) is 7.42. The minimum atomic E-state index is -0.719. The van der Waals surface area contributed by atoms with Crippen LogP contribution in [0.2, 0.25) is 5.02 Å². The molecule has 0 aliphatic carbocycles. The lowest BCUT2D eigenvalue weighted by molar-refractivity contribution is -0.384. The summed E-state index contributed by atoms with van der Waals surface area (Å²) >= 11 is 6.11. The summed E-state index contributed by atoms with van der Waals surface area (Å²) in [6.45, 7) is 1.92. The molecular formula is C25H17ClN2O7. The van der Waals surface area contributed by atoms with Gasteiger partial charge in [0.05, 0.1) is 28.2 Å². The van der Waals surface area contributed by atoms with Crippen molar-refractivity contribution in [3.63, 3.8) is 0 Å². The highest BCUT2D eigenvalue weighted by atomic mass is 35.5. The summed E-state index contributed by atoms with van der Waals surface area (Å²) in [6.07, 6.45) is 1.46. The summed E-state index contributed by atoms with van der Waals surface area (Å²) in [5, 5.41) is 10.9. The molecule has 0 atom stereocenters. The number of methoxy groups -OCH3 is 1. The van der Waals surface area contributed by atoms with E-state index in [1.54, 1.807) is 24.3 Å². The molecule has 3 aromatic rings. The maximum Gasteiger partial charge on any atom is 0.363 e. The largest absolute Gasteiger partial charge is 0.493 e. The van der Waals surface area contributed by atoms with Crippen LogP contribution < -0.4 is 9.47 Å². The summed E-state index contributed by atoms with van der Waals surface area (Å²) < 4.78 is 16.0. The van der Waals surface area contributed by atoms with Gasteiger partial charge in [0.2, 0.25) is 5.90 Å². The first-order chi connectivity index (χ1) is 16.7. The molecule has 0 aromatic heterocycles. The highest BCUT2D eigenvalue weighted by molar-refractivity contribution is 6.34. The van der Waals surface area contributed by atoms with Crippen LogP contribution in [0.1, 0.15) is 27.0 Å². The van der Waals surface area contributed by atoms with Gasteiger partial charge >= 0.3 is 11.9 Å². The molecule has 1 aliphatic heterocycles. The first-order valence-corrected chi connectivity index (χ1v) is 10.6. The van der Waals surface area contributed by atoms with Crippen LogP contribution in [0.25, 0.3) is 6.08 Å². The van der Waals surface area contributed by atoms with Gasteiger partial charge in [-0.1, -0.05) is 35.4 Å². The fraction of sp³-hybridized carbons (Fsp3) is 0.0800. The number of benzene rings is 3. The summed E-state index contributed by atoms with van der Waals surface area (Å²) in [7, 11) is 1.42. The molecule has 0 bridgehead atoms. The van der Waals surface area contributed by atoms with E-state index >= 15 is 0 Å². The Labute approximate surface area is 204 Å². The van der Waals surface area contributed by atoms with Gasteiger partial charge in [0.25, 0.3) is 5.69 Å². The van der Waals surface area contributed by atoms with E-state index in [9.17, 15) is 19.7 Å². The zero-order valence-corrected chi connectivity index (χ0v) is 19.2. The van der Waals surface area contributed by atoms with Gasteiger partial charge in [-0.25, -0.2) is 14.6 Å². The molecule has 0 amide bonds. The van der Waals surface area contributed by atoms with E-state index in [2.05, 4.69) is 4.99 Å². The fourth-order valence-electron chi connectivity index (χ4n) is 3.18. The first-order valence-electron chi connectivity index (χ1n) is 10.2. The van der Waals surface area contributed by atoms with Gasteiger partial charge in [-0.15, -0.1) is 0 Å². The molecule has 176 valence electrons. The number of halogens is 1. The lowest BCUT2D eigenvalue weighted by Crippen LogP contribution is -2.09. The number of nitro benzene ring substituents is 1. The molecule has 35 heavy (non-hydrogen) atoms. The molecule has 0 radical (unpaired) electrons. The van der Waals surface area contributed by atoms with Gasteiger partial charge in [-0.3, -0.25) is 10.1 Å². The number of aliphatic imine (C=N–C) groups is 1. The highest BCUT2D eigenvalue weighted by Gasteiger charge is 2.26. The van der Waals surface area contributed by atoms with E-state index in [-0.39, 0.29) is 39.4 Å². The van der Waals surface area contributed by atoms with Crippen molar-refractivity contribution in [3.05, 3.63) is 104 Å².